The number of hydrogen-bond donors (Lipinski definition) is 1. The van der Waals surface area contributed by atoms with Crippen LogP contribution in [0.15, 0.2) is 6.33 Å². The molecule has 2 rings (SSSR count). The topological polar surface area (TPSA) is 55.2 Å². The Labute approximate surface area is 95.7 Å². The van der Waals surface area contributed by atoms with Crippen LogP contribution < -0.4 is 4.74 Å². The fraction of sp³-hybridized carbons (Fsp3) is 0.667. The van der Waals surface area contributed by atoms with Crippen molar-refractivity contribution in [2.75, 3.05) is 6.61 Å². The van der Waals surface area contributed by atoms with Gasteiger partial charge in [0, 0.05) is 12.0 Å². The maximum atomic E-state index is 9.89. The molecule has 1 aliphatic rings. The van der Waals surface area contributed by atoms with Crippen LogP contribution in [-0.2, 0) is 6.42 Å². The van der Waals surface area contributed by atoms with E-state index in [2.05, 4.69) is 9.97 Å². The van der Waals surface area contributed by atoms with Crippen molar-refractivity contribution in [3.8, 4) is 5.88 Å². The molecule has 1 atom stereocenters. The summed E-state index contributed by atoms with van der Waals surface area (Å²) in [6.07, 6.45) is 4.14. The molecule has 16 heavy (non-hydrogen) atoms. The van der Waals surface area contributed by atoms with Gasteiger partial charge in [0.05, 0.1) is 18.4 Å². The first kappa shape index (κ1) is 11.3. The molecule has 1 aromatic heterocycles. The SMILES string of the molecule is CCOc1ncnc(CC(O)C2CC2)c1C. The number of ether oxygens (including phenoxy) is 1. The van der Waals surface area contributed by atoms with Crippen LogP contribution in [0.4, 0.5) is 0 Å². The molecule has 4 nitrogen and oxygen atoms in total. The molecule has 1 heterocycles. The molecule has 0 aromatic carbocycles. The average molecular weight is 222 g/mol. The maximum Gasteiger partial charge on any atom is 0.219 e. The van der Waals surface area contributed by atoms with E-state index < -0.39 is 0 Å². The lowest BCUT2D eigenvalue weighted by molar-refractivity contribution is 0.150. The average Bonchev–Trinajstić information content (AvgIpc) is 3.07. The Morgan fingerprint density at radius 1 is 1.50 bits per heavy atom. The second kappa shape index (κ2) is 4.78. The van der Waals surface area contributed by atoms with E-state index in [4.69, 9.17) is 4.74 Å². The molecule has 1 fully saturated rings. The first-order chi connectivity index (χ1) is 7.72. The molecule has 0 aliphatic heterocycles. The zero-order valence-corrected chi connectivity index (χ0v) is 9.81. The van der Waals surface area contributed by atoms with Gasteiger partial charge in [0.1, 0.15) is 6.33 Å². The third-order valence-electron chi connectivity index (χ3n) is 2.99. The molecule has 88 valence electrons. The van der Waals surface area contributed by atoms with E-state index in [-0.39, 0.29) is 6.10 Å². The molecule has 0 amide bonds. The Morgan fingerprint density at radius 2 is 2.25 bits per heavy atom. The van der Waals surface area contributed by atoms with Crippen molar-refractivity contribution in [1.29, 1.82) is 0 Å². The van der Waals surface area contributed by atoms with Crippen LogP contribution in [0.5, 0.6) is 5.88 Å². The van der Waals surface area contributed by atoms with E-state index in [1.807, 2.05) is 13.8 Å². The predicted octanol–water partition coefficient (Wildman–Crippen LogP) is 1.50. The summed E-state index contributed by atoms with van der Waals surface area (Å²) in [6.45, 7) is 4.47. The molecule has 0 bridgehead atoms. The molecule has 1 unspecified atom stereocenters. The van der Waals surface area contributed by atoms with E-state index in [1.54, 1.807) is 0 Å². The highest BCUT2D eigenvalue weighted by Crippen LogP contribution is 2.34. The standard InChI is InChI=1S/C12H18N2O2/c1-3-16-12-8(2)10(13-7-14-12)6-11(15)9-4-5-9/h7,9,11,15H,3-6H2,1-2H3. The predicted molar refractivity (Wildman–Crippen MR) is 60.4 cm³/mol. The van der Waals surface area contributed by atoms with Gasteiger partial charge in [-0.05, 0) is 32.6 Å². The van der Waals surface area contributed by atoms with Crippen LogP contribution in [0.1, 0.15) is 31.0 Å². The minimum absolute atomic E-state index is 0.261. The summed E-state index contributed by atoms with van der Waals surface area (Å²) in [5.41, 5.74) is 1.85. The van der Waals surface area contributed by atoms with Gasteiger partial charge in [0.25, 0.3) is 0 Å². The normalized spacial score (nSPS) is 17.2. The zero-order chi connectivity index (χ0) is 11.5. The van der Waals surface area contributed by atoms with E-state index in [9.17, 15) is 5.11 Å². The second-order valence-corrected chi connectivity index (χ2v) is 4.29. The second-order valence-electron chi connectivity index (χ2n) is 4.29. The number of aromatic nitrogens is 2. The van der Waals surface area contributed by atoms with Crippen molar-refractivity contribution in [2.45, 2.75) is 39.2 Å². The third kappa shape index (κ3) is 2.50. The smallest absolute Gasteiger partial charge is 0.219 e. The fourth-order valence-electron chi connectivity index (χ4n) is 1.80. The van der Waals surface area contributed by atoms with Crippen LogP contribution in [-0.4, -0.2) is 27.8 Å². The van der Waals surface area contributed by atoms with Gasteiger partial charge in [-0.25, -0.2) is 9.97 Å². The fourth-order valence-corrected chi connectivity index (χ4v) is 1.80. The zero-order valence-electron chi connectivity index (χ0n) is 9.81. The number of hydrogen-bond acceptors (Lipinski definition) is 4. The van der Waals surface area contributed by atoms with Crippen LogP contribution >= 0.6 is 0 Å². The van der Waals surface area contributed by atoms with Crippen molar-refractivity contribution in [3.05, 3.63) is 17.6 Å². The molecule has 0 spiro atoms. The molecular weight excluding hydrogens is 204 g/mol. The first-order valence-electron chi connectivity index (χ1n) is 5.83. The summed E-state index contributed by atoms with van der Waals surface area (Å²) in [5, 5.41) is 9.89. The Kier molecular flexibility index (Phi) is 3.39. The summed E-state index contributed by atoms with van der Waals surface area (Å²) in [7, 11) is 0. The molecule has 1 aromatic rings. The van der Waals surface area contributed by atoms with Gasteiger partial charge in [-0.15, -0.1) is 0 Å². The number of rotatable bonds is 5. The maximum absolute atomic E-state index is 9.89. The van der Waals surface area contributed by atoms with Crippen molar-refractivity contribution in [2.24, 2.45) is 5.92 Å². The van der Waals surface area contributed by atoms with E-state index in [1.165, 1.54) is 6.33 Å². The summed E-state index contributed by atoms with van der Waals surface area (Å²) < 4.78 is 5.40. The number of aliphatic hydroxyl groups excluding tert-OH is 1. The molecule has 1 aliphatic carbocycles. The van der Waals surface area contributed by atoms with Crippen LogP contribution in [0.3, 0.4) is 0 Å². The van der Waals surface area contributed by atoms with Gasteiger partial charge >= 0.3 is 0 Å². The van der Waals surface area contributed by atoms with Crippen molar-refractivity contribution in [3.63, 3.8) is 0 Å². The third-order valence-corrected chi connectivity index (χ3v) is 2.99. The molecular formula is C12H18N2O2. The molecule has 0 saturated heterocycles. The Hall–Kier alpha value is -1.16. The van der Waals surface area contributed by atoms with Crippen LogP contribution in [0.2, 0.25) is 0 Å². The minimum Gasteiger partial charge on any atom is -0.478 e. The molecule has 1 saturated carbocycles. The Morgan fingerprint density at radius 3 is 2.88 bits per heavy atom. The summed E-state index contributed by atoms with van der Waals surface area (Å²) in [5.74, 6) is 1.11. The van der Waals surface area contributed by atoms with E-state index in [0.717, 1.165) is 24.1 Å². The van der Waals surface area contributed by atoms with Gasteiger partial charge in [-0.3, -0.25) is 0 Å². The lowest BCUT2D eigenvalue weighted by Gasteiger charge is -2.12. The van der Waals surface area contributed by atoms with Crippen molar-refractivity contribution in [1.82, 2.24) is 9.97 Å². The Bertz CT molecular complexity index is 364. The van der Waals surface area contributed by atoms with Gasteiger partial charge < -0.3 is 9.84 Å². The summed E-state index contributed by atoms with van der Waals surface area (Å²) in [6, 6.07) is 0. The number of nitrogens with zero attached hydrogens (tertiary/aromatic N) is 2. The first-order valence-corrected chi connectivity index (χ1v) is 5.83. The van der Waals surface area contributed by atoms with Crippen molar-refractivity contribution < 1.29 is 9.84 Å². The Balaban J connectivity index is 2.10. The highest BCUT2D eigenvalue weighted by atomic mass is 16.5. The highest BCUT2D eigenvalue weighted by molar-refractivity contribution is 5.28. The van der Waals surface area contributed by atoms with Crippen LogP contribution in [0, 0.1) is 12.8 Å². The molecule has 1 N–H and O–H groups in total. The van der Waals surface area contributed by atoms with E-state index in [0.29, 0.717) is 24.8 Å². The van der Waals surface area contributed by atoms with Gasteiger partial charge in [-0.1, -0.05) is 0 Å². The summed E-state index contributed by atoms with van der Waals surface area (Å²) >= 11 is 0. The van der Waals surface area contributed by atoms with E-state index >= 15 is 0 Å². The van der Waals surface area contributed by atoms with Gasteiger partial charge in [0.15, 0.2) is 0 Å². The lowest BCUT2D eigenvalue weighted by Crippen LogP contribution is -2.15. The number of aliphatic hydroxyl groups is 1. The highest BCUT2D eigenvalue weighted by Gasteiger charge is 2.30. The molecule has 4 heteroatoms. The lowest BCUT2D eigenvalue weighted by atomic mass is 10.1. The largest absolute Gasteiger partial charge is 0.478 e. The summed E-state index contributed by atoms with van der Waals surface area (Å²) in [4.78, 5) is 8.30. The van der Waals surface area contributed by atoms with Crippen molar-refractivity contribution >= 4 is 0 Å². The molecule has 0 radical (unpaired) electrons. The monoisotopic (exact) mass is 222 g/mol. The van der Waals surface area contributed by atoms with Gasteiger partial charge in [0.2, 0.25) is 5.88 Å². The van der Waals surface area contributed by atoms with Gasteiger partial charge in [-0.2, -0.15) is 0 Å². The minimum atomic E-state index is -0.261. The van der Waals surface area contributed by atoms with Crippen LogP contribution in [0.25, 0.3) is 0 Å². The quantitative estimate of drug-likeness (QED) is 0.820.